The van der Waals surface area contributed by atoms with E-state index in [4.69, 9.17) is 22.3 Å². The van der Waals surface area contributed by atoms with Gasteiger partial charge in [-0.25, -0.2) is 12.8 Å². The van der Waals surface area contributed by atoms with E-state index in [1.165, 1.54) is 4.90 Å². The van der Waals surface area contributed by atoms with Crippen LogP contribution in [0.1, 0.15) is 37.6 Å². The first-order valence-corrected chi connectivity index (χ1v) is 9.06. The third-order valence-corrected chi connectivity index (χ3v) is 4.89. The molecule has 0 saturated heterocycles. The average Bonchev–Trinajstić information content (AvgIpc) is 2.37. The van der Waals surface area contributed by atoms with Crippen molar-refractivity contribution in [3.63, 3.8) is 0 Å². The van der Waals surface area contributed by atoms with Gasteiger partial charge >= 0.3 is 0 Å². The second-order valence-electron chi connectivity index (χ2n) is 4.55. The Morgan fingerprint density at radius 1 is 1.38 bits per heavy atom. The molecule has 0 N–H and O–H groups in total. The van der Waals surface area contributed by atoms with Gasteiger partial charge in [0.15, 0.2) is 0 Å². The molecule has 0 aromatic heterocycles. The van der Waals surface area contributed by atoms with E-state index < -0.39 is 25.7 Å². The molecule has 1 unspecified atom stereocenters. The Morgan fingerprint density at radius 2 is 1.95 bits per heavy atom. The van der Waals surface area contributed by atoms with Crippen LogP contribution in [0.2, 0.25) is 5.02 Å². The molecule has 1 aromatic rings. The second kappa shape index (κ2) is 6.94. The van der Waals surface area contributed by atoms with Crippen molar-refractivity contribution in [2.45, 2.75) is 38.1 Å². The van der Waals surface area contributed by atoms with Crippen LogP contribution >= 0.6 is 22.3 Å². The Morgan fingerprint density at radius 3 is 2.38 bits per heavy atom. The Hall–Kier alpha value is -0.850. The highest BCUT2D eigenvalue weighted by Gasteiger charge is 2.25. The largest absolute Gasteiger partial charge is 0.336 e. The number of benzene rings is 1. The number of carbonyl (C=O) groups excluding carboxylic acids is 1. The first kappa shape index (κ1) is 18.2. The van der Waals surface area contributed by atoms with Gasteiger partial charge in [-0.15, -0.1) is 0 Å². The molecule has 0 aliphatic carbocycles. The molecule has 0 spiro atoms. The third kappa shape index (κ3) is 4.08. The van der Waals surface area contributed by atoms with Crippen LogP contribution in [0.15, 0.2) is 17.0 Å². The van der Waals surface area contributed by atoms with E-state index in [0.29, 0.717) is 6.54 Å². The maximum atomic E-state index is 13.6. The molecule has 4 nitrogen and oxygen atoms in total. The summed E-state index contributed by atoms with van der Waals surface area (Å²) in [4.78, 5) is 13.2. The summed E-state index contributed by atoms with van der Waals surface area (Å²) in [5.41, 5.74) is -0.0839. The number of nitrogens with zero attached hydrogens (tertiary/aromatic N) is 1. The maximum absolute atomic E-state index is 13.6. The summed E-state index contributed by atoms with van der Waals surface area (Å²) in [5.74, 6) is -1.54. The zero-order valence-corrected chi connectivity index (χ0v) is 14.2. The monoisotopic (exact) mass is 355 g/mol. The van der Waals surface area contributed by atoms with E-state index >= 15 is 0 Å². The average molecular weight is 356 g/mol. The first-order valence-electron chi connectivity index (χ1n) is 6.38. The SMILES string of the molecule is CCC(C)N(CC)C(=O)c1cc(S(=O)(=O)Cl)c(F)cc1Cl. The summed E-state index contributed by atoms with van der Waals surface area (Å²) in [7, 11) is 0.864. The van der Waals surface area contributed by atoms with Crippen molar-refractivity contribution < 1.29 is 17.6 Å². The van der Waals surface area contributed by atoms with Gasteiger partial charge in [0.25, 0.3) is 15.0 Å². The van der Waals surface area contributed by atoms with Gasteiger partial charge in [-0.05, 0) is 32.4 Å². The molecule has 21 heavy (non-hydrogen) atoms. The number of amides is 1. The molecule has 1 atom stereocenters. The van der Waals surface area contributed by atoms with Crippen LogP contribution in [0.25, 0.3) is 0 Å². The summed E-state index contributed by atoms with van der Waals surface area (Å²) < 4.78 is 36.3. The molecule has 8 heteroatoms. The lowest BCUT2D eigenvalue weighted by molar-refractivity contribution is 0.0700. The molecule has 118 valence electrons. The van der Waals surface area contributed by atoms with E-state index in [-0.39, 0.29) is 16.6 Å². The van der Waals surface area contributed by atoms with Crippen LogP contribution in [0.5, 0.6) is 0 Å². The van der Waals surface area contributed by atoms with Gasteiger partial charge < -0.3 is 4.90 Å². The van der Waals surface area contributed by atoms with Crippen LogP contribution in [-0.2, 0) is 9.05 Å². The maximum Gasteiger partial charge on any atom is 0.264 e. The zero-order chi connectivity index (χ0) is 16.4. The lowest BCUT2D eigenvalue weighted by Gasteiger charge is -2.27. The minimum Gasteiger partial charge on any atom is -0.336 e. The molecule has 0 heterocycles. The van der Waals surface area contributed by atoms with Crippen LogP contribution < -0.4 is 0 Å². The molecular weight excluding hydrogens is 340 g/mol. The van der Waals surface area contributed by atoms with Gasteiger partial charge in [-0.1, -0.05) is 18.5 Å². The third-order valence-electron chi connectivity index (χ3n) is 3.24. The topological polar surface area (TPSA) is 54.5 Å². The number of carbonyl (C=O) groups is 1. The Balaban J connectivity index is 3.40. The van der Waals surface area contributed by atoms with Gasteiger partial charge in [0.05, 0.1) is 10.6 Å². The summed E-state index contributed by atoms with van der Waals surface area (Å²) in [6.07, 6.45) is 0.721. The van der Waals surface area contributed by atoms with Crippen molar-refractivity contribution in [1.29, 1.82) is 0 Å². The van der Waals surface area contributed by atoms with Crippen molar-refractivity contribution in [3.8, 4) is 0 Å². The van der Waals surface area contributed by atoms with E-state index in [0.717, 1.165) is 18.6 Å². The first-order chi connectivity index (χ1) is 9.63. The summed E-state index contributed by atoms with van der Waals surface area (Å²) in [6.45, 7) is 5.99. The Bertz CT molecular complexity index is 649. The summed E-state index contributed by atoms with van der Waals surface area (Å²) in [6, 6.07) is 1.61. The van der Waals surface area contributed by atoms with Gasteiger partial charge in [0, 0.05) is 23.3 Å². The highest BCUT2D eigenvalue weighted by Crippen LogP contribution is 2.27. The lowest BCUT2D eigenvalue weighted by atomic mass is 10.1. The van der Waals surface area contributed by atoms with Crippen LogP contribution in [0.4, 0.5) is 4.39 Å². The van der Waals surface area contributed by atoms with Gasteiger partial charge in [-0.2, -0.15) is 0 Å². The molecule has 0 fully saturated rings. The molecular formula is C13H16Cl2FNO3S. The second-order valence-corrected chi connectivity index (χ2v) is 7.49. The molecule has 1 aromatic carbocycles. The van der Waals surface area contributed by atoms with E-state index in [1.807, 2.05) is 13.8 Å². The quantitative estimate of drug-likeness (QED) is 0.757. The van der Waals surface area contributed by atoms with Crippen LogP contribution in [0, 0.1) is 5.82 Å². The van der Waals surface area contributed by atoms with Gasteiger partial charge in [-0.3, -0.25) is 4.79 Å². The van der Waals surface area contributed by atoms with E-state index in [1.54, 1.807) is 6.92 Å². The van der Waals surface area contributed by atoms with Crippen LogP contribution in [0.3, 0.4) is 0 Å². The van der Waals surface area contributed by atoms with E-state index in [2.05, 4.69) is 0 Å². The normalized spacial score (nSPS) is 13.0. The van der Waals surface area contributed by atoms with Crippen LogP contribution in [-0.4, -0.2) is 31.8 Å². The Labute approximate surface area is 133 Å². The smallest absolute Gasteiger partial charge is 0.264 e. The molecule has 0 bridgehead atoms. The molecule has 0 aliphatic heterocycles. The van der Waals surface area contributed by atoms with Crippen molar-refractivity contribution in [2.24, 2.45) is 0 Å². The summed E-state index contributed by atoms with van der Waals surface area (Å²) in [5, 5.41) is -0.150. The number of hydrogen-bond acceptors (Lipinski definition) is 3. The molecule has 1 amide bonds. The standard InChI is InChI=1S/C13H16Cl2FNO3S/c1-4-8(3)17(5-2)13(18)9-6-12(21(15,19)20)11(16)7-10(9)14/h6-8H,4-5H2,1-3H3. The fourth-order valence-electron chi connectivity index (χ4n) is 1.91. The molecule has 0 radical (unpaired) electrons. The van der Waals surface area contributed by atoms with Crippen molar-refractivity contribution in [1.82, 2.24) is 4.90 Å². The Kier molecular flexibility index (Phi) is 6.01. The minimum atomic E-state index is -4.30. The number of halogens is 3. The minimum absolute atomic E-state index is 0.0559. The van der Waals surface area contributed by atoms with Crippen molar-refractivity contribution in [2.75, 3.05) is 6.54 Å². The fourth-order valence-corrected chi connectivity index (χ4v) is 3.05. The van der Waals surface area contributed by atoms with Gasteiger partial charge in [0.1, 0.15) is 10.7 Å². The van der Waals surface area contributed by atoms with Gasteiger partial charge in [0.2, 0.25) is 0 Å². The fraction of sp³-hybridized carbons (Fsp3) is 0.462. The van der Waals surface area contributed by atoms with Crippen molar-refractivity contribution in [3.05, 3.63) is 28.5 Å². The highest BCUT2D eigenvalue weighted by atomic mass is 35.7. The molecule has 0 aliphatic rings. The molecule has 0 saturated carbocycles. The van der Waals surface area contributed by atoms with E-state index in [9.17, 15) is 17.6 Å². The predicted octanol–water partition coefficient (Wildman–Crippen LogP) is 3.67. The highest BCUT2D eigenvalue weighted by molar-refractivity contribution is 8.13. The number of hydrogen-bond donors (Lipinski definition) is 0. The summed E-state index contributed by atoms with van der Waals surface area (Å²) >= 11 is 5.87. The lowest BCUT2D eigenvalue weighted by Crippen LogP contribution is -2.38. The zero-order valence-electron chi connectivity index (χ0n) is 11.9. The number of rotatable bonds is 5. The molecule has 1 rings (SSSR count). The predicted molar refractivity (Wildman–Crippen MR) is 80.9 cm³/mol. The van der Waals surface area contributed by atoms with Crippen molar-refractivity contribution >= 4 is 37.2 Å².